The molecule has 0 bridgehead atoms. The zero-order valence-corrected chi connectivity index (χ0v) is 13.9. The van der Waals surface area contributed by atoms with Gasteiger partial charge in [0, 0.05) is 6.54 Å². The summed E-state index contributed by atoms with van der Waals surface area (Å²) < 4.78 is 32.0. The Morgan fingerprint density at radius 3 is 2.48 bits per heavy atom. The fourth-order valence-corrected chi connectivity index (χ4v) is 2.80. The first-order valence-electron chi connectivity index (χ1n) is 7.18. The number of sulfonamides is 1. The lowest BCUT2D eigenvalue weighted by Gasteiger charge is -2.11. The minimum absolute atomic E-state index is 0.253. The van der Waals surface area contributed by atoms with E-state index in [9.17, 15) is 8.42 Å². The predicted octanol–water partition coefficient (Wildman–Crippen LogP) is 3.07. The van der Waals surface area contributed by atoms with Crippen molar-refractivity contribution in [3.8, 4) is 0 Å². The minimum Gasteiger partial charge on any atom is -0.376 e. The first-order chi connectivity index (χ1) is 9.86. The van der Waals surface area contributed by atoms with Gasteiger partial charge in [0.1, 0.15) is 0 Å². The first-order valence-corrected chi connectivity index (χ1v) is 8.67. The van der Waals surface area contributed by atoms with Crippen LogP contribution in [0.5, 0.6) is 0 Å². The van der Waals surface area contributed by atoms with Crippen LogP contribution in [0.1, 0.15) is 38.7 Å². The third-order valence-corrected chi connectivity index (χ3v) is 4.74. The van der Waals surface area contributed by atoms with Gasteiger partial charge in [-0.2, -0.15) is 0 Å². The third kappa shape index (κ3) is 5.99. The monoisotopic (exact) mass is 311 g/mol. The van der Waals surface area contributed by atoms with Crippen LogP contribution in [0.4, 0.5) is 0 Å². The Balaban J connectivity index is 2.56. The topological polar surface area (TPSA) is 55.4 Å². The fraction of sp³-hybridized carbons (Fsp3) is 0.500. The van der Waals surface area contributed by atoms with Crippen molar-refractivity contribution < 1.29 is 13.2 Å². The molecule has 1 aromatic carbocycles. The lowest BCUT2D eigenvalue weighted by Crippen LogP contribution is -2.27. The van der Waals surface area contributed by atoms with Gasteiger partial charge in [0.2, 0.25) is 10.0 Å². The van der Waals surface area contributed by atoms with Crippen molar-refractivity contribution in [1.82, 2.24) is 4.72 Å². The highest BCUT2D eigenvalue weighted by Crippen LogP contribution is 2.20. The second kappa shape index (κ2) is 8.32. The lowest BCUT2D eigenvalue weighted by molar-refractivity contribution is 0.162. The second-order valence-corrected chi connectivity index (χ2v) is 7.05. The quantitative estimate of drug-likeness (QED) is 0.563. The summed E-state index contributed by atoms with van der Waals surface area (Å²) in [5.74, 6) is 0.435. The van der Waals surface area contributed by atoms with Crippen LogP contribution < -0.4 is 4.72 Å². The van der Waals surface area contributed by atoms with Gasteiger partial charge < -0.3 is 4.74 Å². The Labute approximate surface area is 128 Å². The van der Waals surface area contributed by atoms with E-state index in [1.54, 1.807) is 12.1 Å². The zero-order valence-electron chi connectivity index (χ0n) is 13.1. The average molecular weight is 311 g/mol. The normalized spacial score (nSPS) is 13.1. The van der Waals surface area contributed by atoms with Crippen LogP contribution >= 0.6 is 0 Å². The molecule has 4 nitrogen and oxygen atoms in total. The molecule has 1 rings (SSSR count). The van der Waals surface area contributed by atoms with Crippen molar-refractivity contribution in [2.75, 3.05) is 19.8 Å². The van der Waals surface area contributed by atoms with Crippen molar-refractivity contribution in [3.63, 3.8) is 0 Å². The molecule has 0 spiro atoms. The summed E-state index contributed by atoms with van der Waals surface area (Å²) in [6, 6.07) is 7.05. The van der Waals surface area contributed by atoms with Gasteiger partial charge in [-0.15, -0.1) is 0 Å². The van der Waals surface area contributed by atoms with Gasteiger partial charge >= 0.3 is 0 Å². The van der Waals surface area contributed by atoms with Gasteiger partial charge in [-0.05, 0) is 37.0 Å². The summed E-state index contributed by atoms with van der Waals surface area (Å²) >= 11 is 0. The molecule has 0 fully saturated rings. The SMILES string of the molecule is C=C(C)COCCNS(=O)(=O)c1ccc(C(C)CC)cc1. The average Bonchev–Trinajstić information content (AvgIpc) is 2.45. The van der Waals surface area contributed by atoms with E-state index >= 15 is 0 Å². The number of ether oxygens (including phenoxy) is 1. The van der Waals surface area contributed by atoms with E-state index in [2.05, 4.69) is 25.1 Å². The highest BCUT2D eigenvalue weighted by Gasteiger charge is 2.13. The molecule has 0 amide bonds. The molecule has 0 radical (unpaired) electrons. The van der Waals surface area contributed by atoms with Crippen molar-refractivity contribution in [3.05, 3.63) is 42.0 Å². The highest BCUT2D eigenvalue weighted by atomic mass is 32.2. The van der Waals surface area contributed by atoms with Gasteiger partial charge in [0.05, 0.1) is 18.1 Å². The minimum atomic E-state index is -3.46. The Kier molecular flexibility index (Phi) is 7.08. The van der Waals surface area contributed by atoms with Crippen molar-refractivity contribution in [2.45, 2.75) is 38.0 Å². The summed E-state index contributed by atoms with van der Waals surface area (Å²) in [6.07, 6.45) is 1.03. The highest BCUT2D eigenvalue weighted by molar-refractivity contribution is 7.89. The van der Waals surface area contributed by atoms with Gasteiger partial charge in [-0.3, -0.25) is 0 Å². The number of benzene rings is 1. The maximum Gasteiger partial charge on any atom is 0.240 e. The van der Waals surface area contributed by atoms with Crippen LogP contribution in [0.3, 0.4) is 0 Å². The van der Waals surface area contributed by atoms with Crippen LogP contribution in [0.25, 0.3) is 0 Å². The summed E-state index contributed by atoms with van der Waals surface area (Å²) in [7, 11) is -3.46. The Morgan fingerprint density at radius 1 is 1.33 bits per heavy atom. The van der Waals surface area contributed by atoms with Crippen LogP contribution in [0.15, 0.2) is 41.3 Å². The molecule has 0 aliphatic carbocycles. The van der Waals surface area contributed by atoms with Gasteiger partial charge in [-0.1, -0.05) is 38.1 Å². The molecule has 1 unspecified atom stereocenters. The van der Waals surface area contributed by atoms with Gasteiger partial charge in [0.25, 0.3) is 0 Å². The second-order valence-electron chi connectivity index (χ2n) is 5.29. The number of nitrogens with one attached hydrogen (secondary N) is 1. The molecule has 1 atom stereocenters. The molecule has 0 saturated heterocycles. The van der Waals surface area contributed by atoms with Gasteiger partial charge in [-0.25, -0.2) is 13.1 Å². The summed E-state index contributed by atoms with van der Waals surface area (Å²) in [5, 5.41) is 0. The standard InChI is InChI=1S/C16H25NO3S/c1-5-14(4)15-6-8-16(9-7-15)21(18,19)17-10-11-20-12-13(2)3/h6-9,14,17H,2,5,10-12H2,1,3-4H3. The largest absolute Gasteiger partial charge is 0.376 e. The molecule has 5 heteroatoms. The summed E-state index contributed by atoms with van der Waals surface area (Å²) in [6.45, 7) is 10.9. The van der Waals surface area contributed by atoms with E-state index in [4.69, 9.17) is 4.74 Å². The smallest absolute Gasteiger partial charge is 0.240 e. The maximum atomic E-state index is 12.1. The molecular formula is C16H25NO3S. The van der Waals surface area contributed by atoms with E-state index in [0.29, 0.717) is 19.1 Å². The van der Waals surface area contributed by atoms with E-state index in [-0.39, 0.29) is 11.4 Å². The molecule has 1 N–H and O–H groups in total. The molecule has 0 saturated carbocycles. The van der Waals surface area contributed by atoms with Crippen LogP contribution in [-0.4, -0.2) is 28.2 Å². The molecule has 0 aliphatic heterocycles. The molecular weight excluding hydrogens is 286 g/mol. The van der Waals surface area contributed by atoms with Crippen LogP contribution in [0, 0.1) is 0 Å². The predicted molar refractivity (Wildman–Crippen MR) is 86.0 cm³/mol. The fourth-order valence-electron chi connectivity index (χ4n) is 1.79. The first kappa shape index (κ1) is 17.9. The summed E-state index contributed by atoms with van der Waals surface area (Å²) in [4.78, 5) is 0.287. The lowest BCUT2D eigenvalue weighted by atomic mass is 9.99. The molecule has 0 aliphatic rings. The number of hydrogen-bond donors (Lipinski definition) is 1. The number of rotatable bonds is 9. The Bertz CT molecular complexity index is 549. The molecule has 0 aromatic heterocycles. The zero-order chi connectivity index (χ0) is 15.9. The van der Waals surface area contributed by atoms with Crippen molar-refractivity contribution in [1.29, 1.82) is 0 Å². The molecule has 1 aromatic rings. The van der Waals surface area contributed by atoms with Crippen LogP contribution in [-0.2, 0) is 14.8 Å². The maximum absolute atomic E-state index is 12.1. The number of hydrogen-bond acceptors (Lipinski definition) is 3. The Morgan fingerprint density at radius 2 is 1.95 bits per heavy atom. The van der Waals surface area contributed by atoms with E-state index in [1.807, 2.05) is 19.1 Å². The Hall–Kier alpha value is -1.17. The van der Waals surface area contributed by atoms with E-state index in [1.165, 1.54) is 0 Å². The summed E-state index contributed by atoms with van der Waals surface area (Å²) in [5.41, 5.74) is 2.07. The van der Waals surface area contributed by atoms with E-state index < -0.39 is 10.0 Å². The van der Waals surface area contributed by atoms with E-state index in [0.717, 1.165) is 17.6 Å². The van der Waals surface area contributed by atoms with Gasteiger partial charge in [0.15, 0.2) is 0 Å². The molecule has 118 valence electrons. The van der Waals surface area contributed by atoms with Crippen molar-refractivity contribution in [2.24, 2.45) is 0 Å². The van der Waals surface area contributed by atoms with Crippen molar-refractivity contribution >= 4 is 10.0 Å². The third-order valence-electron chi connectivity index (χ3n) is 3.26. The molecule has 0 heterocycles. The van der Waals surface area contributed by atoms with Crippen LogP contribution in [0.2, 0.25) is 0 Å². The molecule has 21 heavy (non-hydrogen) atoms.